The summed E-state index contributed by atoms with van der Waals surface area (Å²) in [5, 5.41) is 4.19. The lowest BCUT2D eigenvalue weighted by Gasteiger charge is -2.19. The van der Waals surface area contributed by atoms with E-state index in [0.29, 0.717) is 0 Å². The summed E-state index contributed by atoms with van der Waals surface area (Å²) in [6.45, 7) is 4.28. The summed E-state index contributed by atoms with van der Waals surface area (Å²) in [7, 11) is 1.97. The Hall–Kier alpha value is -1.65. The van der Waals surface area contributed by atoms with Crippen molar-refractivity contribution in [3.63, 3.8) is 0 Å². The first-order valence-corrected chi connectivity index (χ1v) is 6.62. The SMILES string of the molecule is Cc1cccc(C(CCc2ccnn2C)NN)c1C. The Kier molecular flexibility index (Phi) is 4.35. The highest BCUT2D eigenvalue weighted by Crippen LogP contribution is 2.23. The van der Waals surface area contributed by atoms with Gasteiger partial charge in [-0.1, -0.05) is 18.2 Å². The lowest BCUT2D eigenvalue weighted by Crippen LogP contribution is -2.29. The Balaban J connectivity index is 2.12. The maximum absolute atomic E-state index is 5.73. The highest BCUT2D eigenvalue weighted by molar-refractivity contribution is 5.35. The molecule has 0 aliphatic heterocycles. The lowest BCUT2D eigenvalue weighted by molar-refractivity contribution is 0.504. The molecule has 1 aromatic heterocycles. The molecular weight excluding hydrogens is 236 g/mol. The maximum Gasteiger partial charge on any atom is 0.0492 e. The van der Waals surface area contributed by atoms with E-state index in [9.17, 15) is 0 Å². The van der Waals surface area contributed by atoms with Gasteiger partial charge in [0.25, 0.3) is 0 Å². The van der Waals surface area contributed by atoms with E-state index in [1.54, 1.807) is 0 Å². The molecule has 1 atom stereocenters. The fourth-order valence-corrected chi connectivity index (χ4v) is 2.42. The molecule has 0 radical (unpaired) electrons. The lowest BCUT2D eigenvalue weighted by atomic mass is 9.94. The van der Waals surface area contributed by atoms with Crippen LogP contribution in [0.2, 0.25) is 0 Å². The second-order valence-electron chi connectivity index (χ2n) is 4.99. The van der Waals surface area contributed by atoms with Crippen LogP contribution in [-0.4, -0.2) is 9.78 Å². The average Bonchev–Trinajstić information content (AvgIpc) is 2.80. The minimum atomic E-state index is 0.176. The summed E-state index contributed by atoms with van der Waals surface area (Å²) in [5.74, 6) is 5.73. The average molecular weight is 258 g/mol. The molecule has 19 heavy (non-hydrogen) atoms. The smallest absolute Gasteiger partial charge is 0.0492 e. The van der Waals surface area contributed by atoms with Crippen molar-refractivity contribution in [1.82, 2.24) is 15.2 Å². The fraction of sp³-hybridized carbons (Fsp3) is 0.400. The van der Waals surface area contributed by atoms with Crippen molar-refractivity contribution in [2.75, 3.05) is 0 Å². The predicted octanol–water partition coefficient (Wildman–Crippen LogP) is 2.17. The Morgan fingerprint density at radius 3 is 2.74 bits per heavy atom. The van der Waals surface area contributed by atoms with Crippen LogP contribution in [0.1, 0.15) is 34.8 Å². The van der Waals surface area contributed by atoms with Gasteiger partial charge in [0.15, 0.2) is 0 Å². The van der Waals surface area contributed by atoms with E-state index < -0.39 is 0 Å². The van der Waals surface area contributed by atoms with E-state index in [1.165, 1.54) is 22.4 Å². The third kappa shape index (κ3) is 3.03. The molecule has 4 heteroatoms. The van der Waals surface area contributed by atoms with Crippen molar-refractivity contribution in [3.05, 3.63) is 52.8 Å². The molecule has 0 amide bonds. The van der Waals surface area contributed by atoms with Crippen LogP contribution < -0.4 is 11.3 Å². The molecule has 2 aromatic rings. The number of nitrogens with one attached hydrogen (secondary N) is 1. The number of benzene rings is 1. The molecule has 0 saturated carbocycles. The van der Waals surface area contributed by atoms with Gasteiger partial charge in [0.1, 0.15) is 0 Å². The minimum absolute atomic E-state index is 0.176. The van der Waals surface area contributed by atoms with Crippen LogP contribution >= 0.6 is 0 Å². The standard InChI is InChI=1S/C15H22N4/c1-11-5-4-6-14(12(11)2)15(18-16)8-7-13-9-10-17-19(13)3/h4-6,9-10,15,18H,7-8,16H2,1-3H3. The van der Waals surface area contributed by atoms with Gasteiger partial charge in [-0.25, -0.2) is 0 Å². The summed E-state index contributed by atoms with van der Waals surface area (Å²) < 4.78 is 1.91. The minimum Gasteiger partial charge on any atom is -0.273 e. The van der Waals surface area contributed by atoms with Crippen LogP contribution in [0, 0.1) is 13.8 Å². The van der Waals surface area contributed by atoms with Gasteiger partial charge in [0.2, 0.25) is 0 Å². The topological polar surface area (TPSA) is 55.9 Å². The monoisotopic (exact) mass is 258 g/mol. The summed E-state index contributed by atoms with van der Waals surface area (Å²) in [4.78, 5) is 0. The highest BCUT2D eigenvalue weighted by atomic mass is 15.3. The van der Waals surface area contributed by atoms with Crippen molar-refractivity contribution >= 4 is 0 Å². The normalized spacial score (nSPS) is 12.6. The van der Waals surface area contributed by atoms with Gasteiger partial charge in [0.05, 0.1) is 0 Å². The fourth-order valence-electron chi connectivity index (χ4n) is 2.42. The van der Waals surface area contributed by atoms with Crippen LogP contribution in [-0.2, 0) is 13.5 Å². The van der Waals surface area contributed by atoms with E-state index in [-0.39, 0.29) is 6.04 Å². The molecule has 1 unspecified atom stereocenters. The summed E-state index contributed by atoms with van der Waals surface area (Å²) in [6.07, 6.45) is 3.75. The van der Waals surface area contributed by atoms with E-state index in [4.69, 9.17) is 5.84 Å². The molecule has 0 aliphatic carbocycles. The molecule has 4 nitrogen and oxygen atoms in total. The Bertz CT molecular complexity index is 545. The van der Waals surface area contributed by atoms with E-state index >= 15 is 0 Å². The maximum atomic E-state index is 5.73. The van der Waals surface area contributed by atoms with Gasteiger partial charge in [0, 0.05) is 25.0 Å². The molecule has 0 bridgehead atoms. The molecule has 1 aromatic carbocycles. The molecule has 2 rings (SSSR count). The quantitative estimate of drug-likeness (QED) is 0.638. The van der Waals surface area contributed by atoms with E-state index in [0.717, 1.165) is 12.8 Å². The van der Waals surface area contributed by atoms with Gasteiger partial charge in [-0.15, -0.1) is 0 Å². The Labute approximate surface area is 114 Å². The summed E-state index contributed by atoms with van der Waals surface area (Å²) in [5.41, 5.74) is 8.07. The highest BCUT2D eigenvalue weighted by Gasteiger charge is 2.13. The number of aryl methyl sites for hydroxylation is 3. The number of hydrogen-bond donors (Lipinski definition) is 2. The summed E-state index contributed by atoms with van der Waals surface area (Å²) >= 11 is 0. The number of rotatable bonds is 5. The second kappa shape index (κ2) is 5.99. The van der Waals surface area contributed by atoms with Crippen molar-refractivity contribution in [2.24, 2.45) is 12.9 Å². The first kappa shape index (κ1) is 13.8. The third-order valence-corrected chi connectivity index (χ3v) is 3.83. The first-order valence-electron chi connectivity index (χ1n) is 6.62. The van der Waals surface area contributed by atoms with Gasteiger partial charge >= 0.3 is 0 Å². The molecule has 0 saturated heterocycles. The predicted molar refractivity (Wildman–Crippen MR) is 77.5 cm³/mol. The molecular formula is C15H22N4. The third-order valence-electron chi connectivity index (χ3n) is 3.83. The molecule has 3 N–H and O–H groups in total. The van der Waals surface area contributed by atoms with Crippen molar-refractivity contribution in [3.8, 4) is 0 Å². The molecule has 102 valence electrons. The summed E-state index contributed by atoms with van der Waals surface area (Å²) in [6, 6.07) is 8.60. The Morgan fingerprint density at radius 1 is 1.32 bits per heavy atom. The molecule has 1 heterocycles. The van der Waals surface area contributed by atoms with Gasteiger partial charge in [-0.2, -0.15) is 5.10 Å². The molecule has 0 fully saturated rings. The van der Waals surface area contributed by atoms with Gasteiger partial charge in [-0.3, -0.25) is 16.0 Å². The zero-order valence-electron chi connectivity index (χ0n) is 11.9. The zero-order chi connectivity index (χ0) is 13.8. The van der Waals surface area contributed by atoms with Gasteiger partial charge in [-0.05, 0) is 49.4 Å². The van der Waals surface area contributed by atoms with Crippen LogP contribution in [0.15, 0.2) is 30.5 Å². The largest absolute Gasteiger partial charge is 0.273 e. The zero-order valence-corrected chi connectivity index (χ0v) is 11.9. The number of hydrogen-bond acceptors (Lipinski definition) is 3. The van der Waals surface area contributed by atoms with Crippen LogP contribution in [0.25, 0.3) is 0 Å². The number of hydrazine groups is 1. The van der Waals surface area contributed by atoms with Crippen LogP contribution in [0.5, 0.6) is 0 Å². The Morgan fingerprint density at radius 2 is 2.11 bits per heavy atom. The second-order valence-corrected chi connectivity index (χ2v) is 4.99. The van der Waals surface area contributed by atoms with Crippen molar-refractivity contribution in [2.45, 2.75) is 32.7 Å². The van der Waals surface area contributed by atoms with E-state index in [2.05, 4.69) is 48.6 Å². The number of nitrogens with zero attached hydrogens (tertiary/aromatic N) is 2. The van der Waals surface area contributed by atoms with Gasteiger partial charge < -0.3 is 0 Å². The number of aromatic nitrogens is 2. The first-order chi connectivity index (χ1) is 9.13. The van der Waals surface area contributed by atoms with Crippen LogP contribution in [0.4, 0.5) is 0 Å². The number of nitrogens with two attached hydrogens (primary N) is 1. The van der Waals surface area contributed by atoms with E-state index in [1.807, 2.05) is 17.9 Å². The molecule has 0 aliphatic rings. The molecule has 0 spiro atoms. The van der Waals surface area contributed by atoms with Crippen LogP contribution in [0.3, 0.4) is 0 Å². The van der Waals surface area contributed by atoms with Crippen molar-refractivity contribution < 1.29 is 0 Å². The van der Waals surface area contributed by atoms with Crippen molar-refractivity contribution in [1.29, 1.82) is 0 Å².